The van der Waals surface area contributed by atoms with Crippen LogP contribution in [0.4, 0.5) is 0 Å². The first-order valence-corrected chi connectivity index (χ1v) is 7.03. The van der Waals surface area contributed by atoms with E-state index in [0.29, 0.717) is 6.04 Å². The van der Waals surface area contributed by atoms with E-state index >= 15 is 0 Å². The van der Waals surface area contributed by atoms with Crippen LogP contribution in [0.2, 0.25) is 0 Å². The molecule has 1 atom stereocenters. The quantitative estimate of drug-likeness (QED) is 0.789. The Kier molecular flexibility index (Phi) is 4.78. The van der Waals surface area contributed by atoms with Crippen LogP contribution in [-0.2, 0) is 0 Å². The number of nitriles is 1. The van der Waals surface area contributed by atoms with E-state index in [1.165, 1.54) is 25.7 Å². The van der Waals surface area contributed by atoms with Crippen molar-refractivity contribution in [1.82, 2.24) is 4.90 Å². The molecule has 0 aromatic heterocycles. The lowest BCUT2D eigenvalue weighted by atomic mass is 9.99. The number of rotatable bonds is 5. The molecule has 1 aromatic rings. The molecule has 0 bridgehead atoms. The molecule has 0 radical (unpaired) electrons. The molecular formula is C16H22N2. The Morgan fingerprint density at radius 1 is 1.28 bits per heavy atom. The molecule has 1 saturated carbocycles. The number of likely N-dealkylation sites (N-methyl/N-ethyl adjacent to an activating group) is 1. The highest BCUT2D eigenvalue weighted by molar-refractivity contribution is 5.25. The first-order chi connectivity index (χ1) is 8.85. The van der Waals surface area contributed by atoms with Gasteiger partial charge in [-0.3, -0.25) is 4.90 Å². The summed E-state index contributed by atoms with van der Waals surface area (Å²) >= 11 is 0. The minimum Gasteiger partial charge on any atom is -0.299 e. The summed E-state index contributed by atoms with van der Waals surface area (Å²) in [5, 5.41) is 9.39. The van der Waals surface area contributed by atoms with Crippen LogP contribution in [0.25, 0.3) is 0 Å². The summed E-state index contributed by atoms with van der Waals surface area (Å²) in [7, 11) is 0. The van der Waals surface area contributed by atoms with Crippen molar-refractivity contribution in [2.75, 3.05) is 13.1 Å². The molecular weight excluding hydrogens is 220 g/mol. The van der Waals surface area contributed by atoms with Gasteiger partial charge in [-0.15, -0.1) is 0 Å². The first-order valence-electron chi connectivity index (χ1n) is 7.03. The minimum atomic E-state index is 0.00625. The van der Waals surface area contributed by atoms with Crippen molar-refractivity contribution in [2.45, 2.75) is 44.6 Å². The Balaban J connectivity index is 2.03. The highest BCUT2D eigenvalue weighted by Gasteiger charge is 2.24. The maximum Gasteiger partial charge on any atom is 0.0839 e. The third-order valence-corrected chi connectivity index (χ3v) is 4.02. The smallest absolute Gasteiger partial charge is 0.0839 e. The fraction of sp³-hybridized carbons (Fsp3) is 0.562. The van der Waals surface area contributed by atoms with E-state index < -0.39 is 0 Å². The zero-order chi connectivity index (χ0) is 12.8. The van der Waals surface area contributed by atoms with Crippen LogP contribution in [0.15, 0.2) is 30.3 Å². The third kappa shape index (κ3) is 3.11. The molecule has 1 aromatic carbocycles. The van der Waals surface area contributed by atoms with Crippen molar-refractivity contribution < 1.29 is 0 Å². The molecule has 2 nitrogen and oxygen atoms in total. The molecule has 1 aliphatic rings. The average Bonchev–Trinajstić information content (AvgIpc) is 2.95. The molecule has 0 heterocycles. The molecule has 1 aliphatic carbocycles. The van der Waals surface area contributed by atoms with Crippen molar-refractivity contribution in [1.29, 1.82) is 5.26 Å². The first kappa shape index (κ1) is 13.1. The van der Waals surface area contributed by atoms with E-state index in [2.05, 4.69) is 30.0 Å². The third-order valence-electron chi connectivity index (χ3n) is 4.02. The van der Waals surface area contributed by atoms with Gasteiger partial charge in [0.2, 0.25) is 0 Å². The Morgan fingerprint density at radius 2 is 1.94 bits per heavy atom. The lowest BCUT2D eigenvalue weighted by molar-refractivity contribution is 0.205. The second kappa shape index (κ2) is 6.56. The van der Waals surface area contributed by atoms with Gasteiger partial charge in [0.05, 0.1) is 12.0 Å². The summed E-state index contributed by atoms with van der Waals surface area (Å²) in [5.74, 6) is 0.00625. The SMILES string of the molecule is CCN(CC(C#N)c1ccccc1)C1CCCC1. The highest BCUT2D eigenvalue weighted by Crippen LogP contribution is 2.26. The molecule has 96 valence electrons. The predicted octanol–water partition coefficient (Wildman–Crippen LogP) is 3.56. The van der Waals surface area contributed by atoms with Crippen LogP contribution in [0.5, 0.6) is 0 Å². The second-order valence-electron chi connectivity index (χ2n) is 5.12. The maximum absolute atomic E-state index is 9.39. The highest BCUT2D eigenvalue weighted by atomic mass is 15.2. The van der Waals surface area contributed by atoms with E-state index in [4.69, 9.17) is 0 Å². The van der Waals surface area contributed by atoms with E-state index in [1.54, 1.807) is 0 Å². The zero-order valence-electron chi connectivity index (χ0n) is 11.2. The van der Waals surface area contributed by atoms with Crippen LogP contribution >= 0.6 is 0 Å². The lowest BCUT2D eigenvalue weighted by Gasteiger charge is -2.29. The summed E-state index contributed by atoms with van der Waals surface area (Å²) in [6, 6.07) is 13.3. The van der Waals surface area contributed by atoms with Gasteiger partial charge in [-0.1, -0.05) is 50.1 Å². The zero-order valence-corrected chi connectivity index (χ0v) is 11.2. The van der Waals surface area contributed by atoms with Crippen molar-refractivity contribution in [2.24, 2.45) is 0 Å². The topological polar surface area (TPSA) is 27.0 Å². The van der Waals surface area contributed by atoms with Crippen LogP contribution in [0.3, 0.4) is 0 Å². The average molecular weight is 242 g/mol. The summed E-state index contributed by atoms with van der Waals surface area (Å²) in [6.07, 6.45) is 5.31. The van der Waals surface area contributed by atoms with Crippen LogP contribution in [-0.4, -0.2) is 24.0 Å². The molecule has 0 saturated heterocycles. The summed E-state index contributed by atoms with van der Waals surface area (Å²) in [4.78, 5) is 2.49. The van der Waals surface area contributed by atoms with Gasteiger partial charge >= 0.3 is 0 Å². The van der Waals surface area contributed by atoms with E-state index in [-0.39, 0.29) is 5.92 Å². The molecule has 2 rings (SSSR count). The number of hydrogen-bond donors (Lipinski definition) is 0. The van der Waals surface area contributed by atoms with Gasteiger partial charge < -0.3 is 0 Å². The lowest BCUT2D eigenvalue weighted by Crippen LogP contribution is -2.36. The second-order valence-corrected chi connectivity index (χ2v) is 5.12. The van der Waals surface area contributed by atoms with Crippen molar-refractivity contribution in [3.8, 4) is 6.07 Å². The summed E-state index contributed by atoms with van der Waals surface area (Å²) in [5.41, 5.74) is 1.15. The molecule has 1 unspecified atom stereocenters. The van der Waals surface area contributed by atoms with Crippen LogP contribution in [0, 0.1) is 11.3 Å². The van der Waals surface area contributed by atoms with Gasteiger partial charge in [0.25, 0.3) is 0 Å². The van der Waals surface area contributed by atoms with Gasteiger partial charge in [0, 0.05) is 12.6 Å². The van der Waals surface area contributed by atoms with Gasteiger partial charge in [-0.2, -0.15) is 5.26 Å². The van der Waals surface area contributed by atoms with Crippen LogP contribution in [0.1, 0.15) is 44.1 Å². The fourth-order valence-electron chi connectivity index (χ4n) is 2.95. The van der Waals surface area contributed by atoms with Gasteiger partial charge in [0.1, 0.15) is 0 Å². The molecule has 0 aliphatic heterocycles. The molecule has 18 heavy (non-hydrogen) atoms. The molecule has 0 spiro atoms. The predicted molar refractivity (Wildman–Crippen MR) is 74.3 cm³/mol. The normalized spacial score (nSPS) is 17.8. The standard InChI is InChI=1S/C16H22N2/c1-2-18(16-10-6-7-11-16)13-15(12-17)14-8-4-3-5-9-14/h3-5,8-9,15-16H,2,6-7,10-11,13H2,1H3. The van der Waals surface area contributed by atoms with Crippen molar-refractivity contribution >= 4 is 0 Å². The Hall–Kier alpha value is -1.33. The van der Waals surface area contributed by atoms with Gasteiger partial charge in [-0.05, 0) is 24.9 Å². The van der Waals surface area contributed by atoms with Gasteiger partial charge in [-0.25, -0.2) is 0 Å². The Bertz CT molecular complexity index is 387. The maximum atomic E-state index is 9.39. The monoisotopic (exact) mass is 242 g/mol. The molecule has 0 amide bonds. The van der Waals surface area contributed by atoms with Crippen molar-refractivity contribution in [3.05, 3.63) is 35.9 Å². The van der Waals surface area contributed by atoms with E-state index in [1.807, 2.05) is 18.2 Å². The van der Waals surface area contributed by atoms with E-state index in [0.717, 1.165) is 18.7 Å². The van der Waals surface area contributed by atoms with Crippen LogP contribution < -0.4 is 0 Å². The van der Waals surface area contributed by atoms with E-state index in [9.17, 15) is 5.26 Å². The minimum absolute atomic E-state index is 0.00625. The number of benzene rings is 1. The molecule has 0 N–H and O–H groups in total. The molecule has 1 fully saturated rings. The largest absolute Gasteiger partial charge is 0.299 e. The number of nitrogens with zero attached hydrogens (tertiary/aromatic N) is 2. The van der Waals surface area contributed by atoms with Crippen molar-refractivity contribution in [3.63, 3.8) is 0 Å². The fourth-order valence-corrected chi connectivity index (χ4v) is 2.95. The Labute approximate surface area is 110 Å². The summed E-state index contributed by atoms with van der Waals surface area (Å²) < 4.78 is 0. The Morgan fingerprint density at radius 3 is 2.50 bits per heavy atom. The summed E-state index contributed by atoms with van der Waals surface area (Å²) in [6.45, 7) is 4.13. The van der Waals surface area contributed by atoms with Gasteiger partial charge in [0.15, 0.2) is 0 Å². The number of hydrogen-bond acceptors (Lipinski definition) is 2. The molecule has 2 heteroatoms.